The Balaban J connectivity index is 2.09. The summed E-state index contributed by atoms with van der Waals surface area (Å²) in [5.74, 6) is -0.425. The predicted octanol–water partition coefficient (Wildman–Crippen LogP) is 2.66. The quantitative estimate of drug-likeness (QED) is 0.513. The molecule has 0 aromatic carbocycles. The molecule has 0 spiro atoms. The number of hydrogen-bond donors (Lipinski definition) is 1. The average molecular weight is 316 g/mol. The van der Waals surface area contributed by atoms with Crippen LogP contribution in [0.5, 0.6) is 0 Å². The van der Waals surface area contributed by atoms with Gasteiger partial charge in [-0.3, -0.25) is 14.9 Å². The topological polar surface area (TPSA) is 85.1 Å². The molecule has 1 aromatic heterocycles. The molecule has 1 aliphatic rings. The second-order valence-corrected chi connectivity index (χ2v) is 6.34. The van der Waals surface area contributed by atoms with Crippen LogP contribution in [0.15, 0.2) is 12.3 Å². The van der Waals surface area contributed by atoms with Gasteiger partial charge in [0.2, 0.25) is 0 Å². The molecule has 1 N–H and O–H groups in total. The van der Waals surface area contributed by atoms with Crippen LogP contribution >= 0.6 is 23.4 Å². The van der Waals surface area contributed by atoms with Gasteiger partial charge in [-0.1, -0.05) is 18.0 Å². The van der Waals surface area contributed by atoms with Crippen LogP contribution in [0.4, 0.5) is 5.69 Å². The van der Waals surface area contributed by atoms with Gasteiger partial charge in [-0.2, -0.15) is 11.8 Å². The van der Waals surface area contributed by atoms with Gasteiger partial charge in [0.15, 0.2) is 0 Å². The summed E-state index contributed by atoms with van der Waals surface area (Å²) in [5, 5.41) is 13.5. The summed E-state index contributed by atoms with van der Waals surface area (Å²) < 4.78 is 0.0935. The van der Waals surface area contributed by atoms with Gasteiger partial charge in [-0.05, 0) is 19.1 Å². The molecule has 1 aromatic rings. The largest absolute Gasteiger partial charge is 0.351 e. The van der Waals surface area contributed by atoms with E-state index in [1.807, 2.05) is 6.26 Å². The molecule has 20 heavy (non-hydrogen) atoms. The van der Waals surface area contributed by atoms with E-state index in [9.17, 15) is 14.9 Å². The number of halogens is 1. The van der Waals surface area contributed by atoms with E-state index in [0.29, 0.717) is 6.54 Å². The molecule has 2 rings (SSSR count). The van der Waals surface area contributed by atoms with Crippen molar-refractivity contribution in [1.29, 1.82) is 0 Å². The monoisotopic (exact) mass is 315 g/mol. The minimum absolute atomic E-state index is 0.0279. The maximum Gasteiger partial charge on any atom is 0.288 e. The van der Waals surface area contributed by atoms with E-state index in [1.165, 1.54) is 0 Å². The number of hydrogen-bond acceptors (Lipinski definition) is 5. The lowest BCUT2D eigenvalue weighted by molar-refractivity contribution is -0.385. The smallest absolute Gasteiger partial charge is 0.288 e. The van der Waals surface area contributed by atoms with Crippen LogP contribution in [-0.4, -0.2) is 33.4 Å². The van der Waals surface area contributed by atoms with E-state index in [4.69, 9.17) is 11.6 Å². The molecule has 0 saturated heterocycles. The van der Waals surface area contributed by atoms with Crippen LogP contribution in [0.2, 0.25) is 5.15 Å². The molecule has 6 nitrogen and oxygen atoms in total. The first-order chi connectivity index (χ1) is 9.47. The molecule has 1 fully saturated rings. The third-order valence-electron chi connectivity index (χ3n) is 3.55. The number of nitrogens with one attached hydrogen (secondary N) is 1. The van der Waals surface area contributed by atoms with Crippen molar-refractivity contribution in [2.45, 2.75) is 24.0 Å². The Hall–Kier alpha value is -1.34. The fraction of sp³-hybridized carbons (Fsp3) is 0.500. The van der Waals surface area contributed by atoms with Gasteiger partial charge in [-0.25, -0.2) is 4.98 Å². The minimum Gasteiger partial charge on any atom is -0.351 e. The standard InChI is InChI=1S/C12H14ClN3O3S/c1-20-12(3-2-4-12)7-15-11(17)9-5-8(16(18)19)6-14-10(9)13/h5-6H,2-4,7H2,1H3,(H,15,17). The third-order valence-corrected chi connectivity index (χ3v) is 5.27. The zero-order valence-corrected chi connectivity index (χ0v) is 12.5. The number of amides is 1. The second-order valence-electron chi connectivity index (χ2n) is 4.71. The van der Waals surface area contributed by atoms with Crippen molar-refractivity contribution in [2.75, 3.05) is 12.8 Å². The van der Waals surface area contributed by atoms with Gasteiger partial charge in [0.05, 0.1) is 10.5 Å². The summed E-state index contributed by atoms with van der Waals surface area (Å²) in [7, 11) is 0. The van der Waals surface area contributed by atoms with Crippen molar-refractivity contribution >= 4 is 35.0 Å². The van der Waals surface area contributed by atoms with Gasteiger partial charge < -0.3 is 5.32 Å². The lowest BCUT2D eigenvalue weighted by atomic mass is 9.84. The van der Waals surface area contributed by atoms with Crippen LogP contribution < -0.4 is 5.32 Å². The highest BCUT2D eigenvalue weighted by atomic mass is 35.5. The lowest BCUT2D eigenvalue weighted by Gasteiger charge is -2.40. The number of aromatic nitrogens is 1. The van der Waals surface area contributed by atoms with Crippen LogP contribution in [0, 0.1) is 10.1 Å². The second kappa shape index (κ2) is 5.97. The summed E-state index contributed by atoms with van der Waals surface area (Å²) in [4.78, 5) is 25.8. The normalized spacial score (nSPS) is 16.3. The van der Waals surface area contributed by atoms with E-state index in [0.717, 1.165) is 31.5 Å². The summed E-state index contributed by atoms with van der Waals surface area (Å²) in [6.45, 7) is 0.534. The molecule has 8 heteroatoms. The van der Waals surface area contributed by atoms with Gasteiger partial charge in [0.1, 0.15) is 11.3 Å². The Labute approximate surface area is 125 Å². The molecule has 0 bridgehead atoms. The number of rotatable bonds is 5. The molecule has 0 atom stereocenters. The van der Waals surface area contributed by atoms with Gasteiger partial charge in [0, 0.05) is 17.4 Å². The zero-order valence-electron chi connectivity index (χ0n) is 10.9. The number of pyridine rings is 1. The van der Waals surface area contributed by atoms with Gasteiger partial charge in [-0.15, -0.1) is 0 Å². The van der Waals surface area contributed by atoms with Crippen molar-refractivity contribution in [3.63, 3.8) is 0 Å². The molecular formula is C12H14ClN3O3S. The first kappa shape index (κ1) is 15.1. The molecule has 1 heterocycles. The Bertz CT molecular complexity index is 543. The average Bonchev–Trinajstić information content (AvgIpc) is 2.38. The van der Waals surface area contributed by atoms with Crippen molar-refractivity contribution in [2.24, 2.45) is 0 Å². The van der Waals surface area contributed by atoms with Crippen molar-refractivity contribution in [1.82, 2.24) is 10.3 Å². The number of carbonyl (C=O) groups is 1. The SMILES string of the molecule is CSC1(CNC(=O)c2cc([N+](=O)[O-])cnc2Cl)CCC1. The Kier molecular flexibility index (Phi) is 4.49. The molecule has 0 radical (unpaired) electrons. The van der Waals surface area contributed by atoms with E-state index in [-0.39, 0.29) is 21.2 Å². The van der Waals surface area contributed by atoms with E-state index in [1.54, 1.807) is 11.8 Å². The van der Waals surface area contributed by atoms with Crippen LogP contribution in [0.1, 0.15) is 29.6 Å². The summed E-state index contributed by atoms with van der Waals surface area (Å²) >= 11 is 7.56. The van der Waals surface area contributed by atoms with Gasteiger partial charge in [0.25, 0.3) is 11.6 Å². The number of thioether (sulfide) groups is 1. The van der Waals surface area contributed by atoms with Crippen LogP contribution in [0.3, 0.4) is 0 Å². The molecule has 0 unspecified atom stereocenters. The lowest BCUT2D eigenvalue weighted by Crippen LogP contribution is -2.45. The summed E-state index contributed by atoms with van der Waals surface area (Å²) in [5.41, 5.74) is -0.209. The molecule has 1 amide bonds. The third kappa shape index (κ3) is 3.04. The maximum absolute atomic E-state index is 12.1. The summed E-state index contributed by atoms with van der Waals surface area (Å²) in [6.07, 6.45) is 6.35. The predicted molar refractivity (Wildman–Crippen MR) is 78.3 cm³/mol. The van der Waals surface area contributed by atoms with E-state index >= 15 is 0 Å². The molecule has 1 aliphatic carbocycles. The fourth-order valence-corrected chi connectivity index (χ4v) is 3.16. The number of nitro groups is 1. The van der Waals surface area contributed by atoms with E-state index < -0.39 is 10.8 Å². The number of carbonyl (C=O) groups excluding carboxylic acids is 1. The van der Waals surface area contributed by atoms with Gasteiger partial charge >= 0.3 is 0 Å². The Morgan fingerprint density at radius 2 is 2.35 bits per heavy atom. The van der Waals surface area contributed by atoms with Crippen LogP contribution in [-0.2, 0) is 0 Å². The highest BCUT2D eigenvalue weighted by Gasteiger charge is 2.36. The zero-order chi connectivity index (χ0) is 14.8. The first-order valence-electron chi connectivity index (χ1n) is 6.11. The van der Waals surface area contributed by atoms with E-state index in [2.05, 4.69) is 10.3 Å². The van der Waals surface area contributed by atoms with Crippen LogP contribution in [0.25, 0.3) is 0 Å². The Morgan fingerprint density at radius 1 is 1.65 bits per heavy atom. The Morgan fingerprint density at radius 3 is 2.85 bits per heavy atom. The first-order valence-corrected chi connectivity index (χ1v) is 7.71. The highest BCUT2D eigenvalue weighted by Crippen LogP contribution is 2.42. The number of nitrogens with zero attached hydrogens (tertiary/aromatic N) is 2. The molecule has 0 aliphatic heterocycles. The minimum atomic E-state index is -0.602. The highest BCUT2D eigenvalue weighted by molar-refractivity contribution is 8.00. The fourth-order valence-electron chi connectivity index (χ4n) is 2.06. The summed E-state index contributed by atoms with van der Waals surface area (Å²) in [6, 6.07) is 1.15. The maximum atomic E-state index is 12.1. The van der Waals surface area contributed by atoms with Crippen molar-refractivity contribution in [3.05, 3.63) is 33.1 Å². The van der Waals surface area contributed by atoms with Crippen molar-refractivity contribution in [3.8, 4) is 0 Å². The molecular weight excluding hydrogens is 302 g/mol. The van der Waals surface area contributed by atoms with Crippen molar-refractivity contribution < 1.29 is 9.72 Å². The molecule has 108 valence electrons. The molecule has 1 saturated carbocycles.